The molecule has 0 bridgehead atoms. The molecule has 128 valence electrons. The van der Waals surface area contributed by atoms with Crippen LogP contribution < -0.4 is 5.32 Å². The zero-order valence-corrected chi connectivity index (χ0v) is 14.3. The largest absolute Gasteiger partial charge is 0.416 e. The molecule has 0 radical (unpaired) electrons. The van der Waals surface area contributed by atoms with Gasteiger partial charge in [0, 0.05) is 10.5 Å². The van der Waals surface area contributed by atoms with E-state index in [0.717, 1.165) is 18.3 Å². The Kier molecular flexibility index (Phi) is 5.11. The number of benzene rings is 1. The summed E-state index contributed by atoms with van der Waals surface area (Å²) in [5.41, 5.74) is -0.865. The highest BCUT2D eigenvalue weighted by molar-refractivity contribution is 14.1. The minimum atomic E-state index is -4.52. The summed E-state index contributed by atoms with van der Waals surface area (Å²) in [6.45, 7) is 1.17. The van der Waals surface area contributed by atoms with Crippen LogP contribution >= 0.6 is 22.6 Å². The fraction of sp³-hybridized carbons (Fsp3) is 0.231. The Morgan fingerprint density at radius 3 is 2.67 bits per heavy atom. The first kappa shape index (κ1) is 18.2. The number of hydrogen-bond donors (Lipinski definition) is 1. The maximum atomic E-state index is 12.7. The number of carbonyl (C=O) groups is 1. The predicted molar refractivity (Wildman–Crippen MR) is 86.4 cm³/mol. The van der Waals surface area contributed by atoms with Crippen LogP contribution in [0.3, 0.4) is 0 Å². The molecule has 1 aromatic carbocycles. The van der Waals surface area contributed by atoms with E-state index in [4.69, 9.17) is 0 Å². The fourth-order valence-corrected chi connectivity index (χ4v) is 2.35. The quantitative estimate of drug-likeness (QED) is 0.436. The van der Waals surface area contributed by atoms with Gasteiger partial charge in [0.15, 0.2) is 0 Å². The molecule has 0 aliphatic rings. The Labute approximate surface area is 147 Å². The number of anilines is 1. The zero-order chi connectivity index (χ0) is 18.1. The molecule has 24 heavy (non-hydrogen) atoms. The smallest absolute Gasteiger partial charge is 0.358 e. The molecule has 11 heteroatoms. The summed E-state index contributed by atoms with van der Waals surface area (Å²) in [7, 11) is 0. The van der Waals surface area contributed by atoms with Crippen LogP contribution in [0.15, 0.2) is 24.4 Å². The molecule has 0 aliphatic carbocycles. The summed E-state index contributed by atoms with van der Waals surface area (Å²) >= 11 is 1.80. The lowest BCUT2D eigenvalue weighted by atomic mass is 10.2. The van der Waals surface area contributed by atoms with Gasteiger partial charge < -0.3 is 15.4 Å². The predicted octanol–water partition coefficient (Wildman–Crippen LogP) is 3.36. The average molecular weight is 454 g/mol. The van der Waals surface area contributed by atoms with Gasteiger partial charge in [-0.25, -0.2) is 0 Å². The Balaban J connectivity index is 2.17. The number of nitrogens with one attached hydrogen (secondary N) is 1. The Hall–Kier alpha value is -2.18. The summed E-state index contributed by atoms with van der Waals surface area (Å²) in [5.74, 6) is -0.785. The van der Waals surface area contributed by atoms with E-state index in [2.05, 4.69) is 10.3 Å². The van der Waals surface area contributed by atoms with Gasteiger partial charge in [-0.15, -0.1) is 0 Å². The van der Waals surface area contributed by atoms with Crippen LogP contribution in [0.4, 0.5) is 24.7 Å². The molecular weight excluding hydrogens is 444 g/mol. The van der Waals surface area contributed by atoms with Crippen molar-refractivity contribution in [3.05, 3.63) is 49.5 Å². The lowest BCUT2D eigenvalue weighted by Gasteiger charge is -2.12. The van der Waals surface area contributed by atoms with Crippen LogP contribution in [0.2, 0.25) is 0 Å². The van der Waals surface area contributed by atoms with Crippen molar-refractivity contribution in [2.75, 3.05) is 5.32 Å². The molecule has 0 aliphatic heterocycles. The van der Waals surface area contributed by atoms with Gasteiger partial charge in [-0.05, 0) is 50.7 Å². The second-order valence-corrected chi connectivity index (χ2v) is 5.93. The number of rotatable bonds is 4. The van der Waals surface area contributed by atoms with E-state index in [1.165, 1.54) is 17.6 Å². The van der Waals surface area contributed by atoms with Crippen LogP contribution in [0.1, 0.15) is 11.4 Å². The highest BCUT2D eigenvalue weighted by Gasteiger charge is 2.31. The fourth-order valence-electron chi connectivity index (χ4n) is 1.88. The first-order valence-corrected chi connectivity index (χ1v) is 7.50. The van der Waals surface area contributed by atoms with E-state index in [1.807, 2.05) is 0 Å². The average Bonchev–Trinajstić information content (AvgIpc) is 2.81. The molecule has 0 unspecified atom stereocenters. The third-order valence-electron chi connectivity index (χ3n) is 3.03. The first-order chi connectivity index (χ1) is 11.1. The van der Waals surface area contributed by atoms with Crippen LogP contribution in [0.25, 0.3) is 0 Å². The van der Waals surface area contributed by atoms with Gasteiger partial charge in [-0.2, -0.15) is 13.2 Å². The molecule has 1 heterocycles. The minimum absolute atomic E-state index is 0.0164. The number of halogens is 4. The minimum Gasteiger partial charge on any atom is -0.358 e. The molecule has 0 atom stereocenters. The maximum Gasteiger partial charge on any atom is 0.416 e. The third kappa shape index (κ3) is 4.21. The highest BCUT2D eigenvalue weighted by Crippen LogP contribution is 2.32. The van der Waals surface area contributed by atoms with Crippen LogP contribution in [0, 0.1) is 20.6 Å². The molecule has 2 rings (SSSR count). The number of aryl methyl sites for hydroxylation is 1. The molecule has 0 spiro atoms. The number of aromatic nitrogens is 2. The number of alkyl halides is 3. The second kappa shape index (κ2) is 6.75. The molecule has 0 fully saturated rings. The van der Waals surface area contributed by atoms with Gasteiger partial charge >= 0.3 is 12.0 Å². The van der Waals surface area contributed by atoms with Crippen molar-refractivity contribution < 1.29 is 22.9 Å². The van der Waals surface area contributed by atoms with Gasteiger partial charge in [0.2, 0.25) is 11.7 Å². The Morgan fingerprint density at radius 1 is 1.46 bits per heavy atom. The summed E-state index contributed by atoms with van der Waals surface area (Å²) in [5, 5.41) is 13.0. The van der Waals surface area contributed by atoms with E-state index >= 15 is 0 Å². The van der Waals surface area contributed by atoms with E-state index < -0.39 is 28.4 Å². The molecule has 7 nitrogen and oxygen atoms in total. The number of carbonyl (C=O) groups excluding carboxylic acids is 1. The summed E-state index contributed by atoms with van der Waals surface area (Å²) in [4.78, 5) is 25.6. The van der Waals surface area contributed by atoms with Gasteiger partial charge in [0.1, 0.15) is 12.7 Å². The number of imidazole rings is 1. The van der Waals surface area contributed by atoms with E-state index in [1.54, 1.807) is 22.6 Å². The molecular formula is C13H10F3IN4O3. The summed E-state index contributed by atoms with van der Waals surface area (Å²) < 4.78 is 39.8. The molecule has 1 amide bonds. The van der Waals surface area contributed by atoms with Gasteiger partial charge in [0.05, 0.1) is 11.3 Å². The molecule has 1 N–H and O–H groups in total. The van der Waals surface area contributed by atoms with Crippen LogP contribution in [-0.4, -0.2) is 20.4 Å². The van der Waals surface area contributed by atoms with Gasteiger partial charge in [0.25, 0.3) is 0 Å². The molecule has 0 saturated heterocycles. The number of nitro groups is 1. The van der Waals surface area contributed by atoms with Gasteiger partial charge in [-0.1, -0.05) is 0 Å². The number of amides is 1. The van der Waals surface area contributed by atoms with Crippen molar-refractivity contribution in [2.24, 2.45) is 0 Å². The monoisotopic (exact) mass is 454 g/mol. The zero-order valence-electron chi connectivity index (χ0n) is 12.1. The van der Waals surface area contributed by atoms with E-state index in [0.29, 0.717) is 3.57 Å². The second-order valence-electron chi connectivity index (χ2n) is 4.77. The number of hydrogen-bond acceptors (Lipinski definition) is 4. The Morgan fingerprint density at radius 2 is 2.12 bits per heavy atom. The normalized spacial score (nSPS) is 11.4. The van der Waals surface area contributed by atoms with Crippen LogP contribution in [0.5, 0.6) is 0 Å². The maximum absolute atomic E-state index is 12.7. The summed E-state index contributed by atoms with van der Waals surface area (Å²) in [6.07, 6.45) is -3.43. The van der Waals surface area contributed by atoms with Crippen molar-refractivity contribution in [1.82, 2.24) is 9.55 Å². The molecule has 1 aromatic heterocycles. The summed E-state index contributed by atoms with van der Waals surface area (Å²) in [6, 6.07) is 3.00. The van der Waals surface area contributed by atoms with E-state index in [9.17, 15) is 28.1 Å². The topological polar surface area (TPSA) is 90.1 Å². The first-order valence-electron chi connectivity index (χ1n) is 6.42. The SMILES string of the molecule is Cc1nc([N+](=O)[O-])cn1CC(=O)Nc1cc(C(F)(F)F)ccc1I. The van der Waals surface area contributed by atoms with E-state index in [-0.39, 0.29) is 18.1 Å². The standard InChI is InChI=1S/C13H10F3IN4O3/c1-7-18-11(21(23)24)5-20(7)6-12(22)19-10-4-8(13(14,15)16)2-3-9(10)17/h2-5H,6H2,1H3,(H,19,22). The van der Waals surface area contributed by atoms with Crippen molar-refractivity contribution in [2.45, 2.75) is 19.6 Å². The molecule has 2 aromatic rings. The van der Waals surface area contributed by atoms with Crippen molar-refractivity contribution in [3.63, 3.8) is 0 Å². The number of nitrogens with zero attached hydrogens (tertiary/aromatic N) is 3. The Bertz CT molecular complexity index is 804. The third-order valence-corrected chi connectivity index (χ3v) is 3.97. The lowest BCUT2D eigenvalue weighted by Crippen LogP contribution is -2.20. The lowest BCUT2D eigenvalue weighted by molar-refractivity contribution is -0.389. The molecule has 0 saturated carbocycles. The highest BCUT2D eigenvalue weighted by atomic mass is 127. The van der Waals surface area contributed by atoms with Gasteiger partial charge in [-0.3, -0.25) is 9.36 Å². The van der Waals surface area contributed by atoms with Crippen LogP contribution in [-0.2, 0) is 17.5 Å². The van der Waals surface area contributed by atoms with Crippen molar-refractivity contribution in [3.8, 4) is 0 Å². The van der Waals surface area contributed by atoms with Crippen molar-refractivity contribution in [1.29, 1.82) is 0 Å². The van der Waals surface area contributed by atoms with Crippen molar-refractivity contribution >= 4 is 40.0 Å².